The summed E-state index contributed by atoms with van der Waals surface area (Å²) >= 11 is 0. The van der Waals surface area contributed by atoms with E-state index in [1.807, 2.05) is 5.32 Å². The third-order valence-corrected chi connectivity index (χ3v) is 4.35. The van der Waals surface area contributed by atoms with E-state index in [9.17, 15) is 9.59 Å². The molecule has 3 aliphatic rings. The van der Waals surface area contributed by atoms with E-state index in [-0.39, 0.29) is 12.7 Å². The van der Waals surface area contributed by atoms with Crippen molar-refractivity contribution in [3.8, 4) is 0 Å². The maximum atomic E-state index is 11.3. The highest BCUT2D eigenvalue weighted by Crippen LogP contribution is 2.52. The van der Waals surface area contributed by atoms with Gasteiger partial charge in [-0.2, -0.15) is 0 Å². The Kier molecular flexibility index (Phi) is 2.56. The maximum absolute atomic E-state index is 11.3. The molecule has 6 heteroatoms. The Bertz CT molecular complexity index is 358. The fraction of sp³-hybridized carbons (Fsp3) is 0.818. The highest BCUT2D eigenvalue weighted by Gasteiger charge is 2.56. The van der Waals surface area contributed by atoms with Crippen LogP contribution in [0.3, 0.4) is 0 Å². The molecule has 3 fully saturated rings. The van der Waals surface area contributed by atoms with Crippen molar-refractivity contribution in [1.29, 1.82) is 0 Å². The van der Waals surface area contributed by atoms with E-state index in [2.05, 4.69) is 5.32 Å². The topological polar surface area (TPSA) is 93.5 Å². The van der Waals surface area contributed by atoms with Gasteiger partial charge in [-0.1, -0.05) is 0 Å². The molecule has 0 radical (unpaired) electrons. The number of carbonyl (C=O) groups excluding carboxylic acids is 2. The largest absolute Gasteiger partial charge is 0.366 e. The monoisotopic (exact) mass is 239 g/mol. The fourth-order valence-electron chi connectivity index (χ4n) is 3.82. The summed E-state index contributed by atoms with van der Waals surface area (Å²) in [6.45, 7) is 0.999. The van der Waals surface area contributed by atoms with Crippen LogP contribution in [0, 0.1) is 17.8 Å². The summed E-state index contributed by atoms with van der Waals surface area (Å²) in [7, 11) is 0. The molecule has 2 bridgehead atoms. The Morgan fingerprint density at radius 2 is 2.18 bits per heavy atom. The van der Waals surface area contributed by atoms with Gasteiger partial charge in [-0.15, -0.1) is 0 Å². The fourth-order valence-corrected chi connectivity index (χ4v) is 3.82. The molecule has 17 heavy (non-hydrogen) atoms. The number of amides is 3. The zero-order chi connectivity index (χ0) is 12.0. The van der Waals surface area contributed by atoms with Gasteiger partial charge in [0, 0.05) is 6.04 Å². The first-order valence-electron chi connectivity index (χ1n) is 6.09. The minimum Gasteiger partial charge on any atom is -0.366 e. The van der Waals surface area contributed by atoms with Crippen LogP contribution in [0.15, 0.2) is 0 Å². The summed E-state index contributed by atoms with van der Waals surface area (Å²) < 4.78 is 5.65. The van der Waals surface area contributed by atoms with Crippen molar-refractivity contribution in [1.82, 2.24) is 10.6 Å². The second kappa shape index (κ2) is 3.96. The van der Waals surface area contributed by atoms with Crippen LogP contribution in [0.1, 0.15) is 12.8 Å². The second-order valence-electron chi connectivity index (χ2n) is 5.28. The molecule has 3 rings (SSSR count). The predicted octanol–water partition coefficient (Wildman–Crippen LogP) is -0.806. The highest BCUT2D eigenvalue weighted by molar-refractivity contribution is 5.94. The van der Waals surface area contributed by atoms with Crippen molar-refractivity contribution in [2.45, 2.75) is 25.0 Å². The third kappa shape index (κ3) is 1.81. The van der Waals surface area contributed by atoms with Crippen LogP contribution < -0.4 is 16.4 Å². The van der Waals surface area contributed by atoms with E-state index in [1.54, 1.807) is 0 Å². The normalized spacial score (nSPS) is 41.8. The molecule has 2 saturated carbocycles. The van der Waals surface area contributed by atoms with Crippen molar-refractivity contribution in [3.05, 3.63) is 0 Å². The molecule has 2 aliphatic carbocycles. The van der Waals surface area contributed by atoms with Crippen LogP contribution in [0.2, 0.25) is 0 Å². The van der Waals surface area contributed by atoms with Crippen LogP contribution in [0.25, 0.3) is 0 Å². The number of imide groups is 1. The summed E-state index contributed by atoms with van der Waals surface area (Å²) in [5, 5.41) is 5.48. The van der Waals surface area contributed by atoms with Gasteiger partial charge < -0.3 is 15.8 Å². The number of nitrogens with one attached hydrogen (secondary N) is 2. The van der Waals surface area contributed by atoms with Crippen LogP contribution >= 0.6 is 0 Å². The molecule has 5 unspecified atom stereocenters. The summed E-state index contributed by atoms with van der Waals surface area (Å²) in [4.78, 5) is 21.7. The van der Waals surface area contributed by atoms with Gasteiger partial charge in [0.25, 0.3) is 5.91 Å². The number of carbonyl (C=O) groups is 2. The average molecular weight is 239 g/mol. The van der Waals surface area contributed by atoms with Gasteiger partial charge in [-0.3, -0.25) is 10.1 Å². The lowest BCUT2D eigenvalue weighted by molar-refractivity contribution is -0.128. The van der Waals surface area contributed by atoms with Crippen LogP contribution in [-0.2, 0) is 9.53 Å². The van der Waals surface area contributed by atoms with Crippen LogP contribution in [0.4, 0.5) is 4.79 Å². The van der Waals surface area contributed by atoms with Crippen LogP contribution in [0.5, 0.6) is 0 Å². The van der Waals surface area contributed by atoms with Crippen molar-refractivity contribution in [2.75, 3.05) is 13.2 Å². The van der Waals surface area contributed by atoms with E-state index < -0.39 is 11.9 Å². The lowest BCUT2D eigenvalue weighted by atomic mass is 9.88. The molecular formula is C11H17N3O3. The first kappa shape index (κ1) is 11.0. The molecule has 0 aromatic rings. The maximum Gasteiger partial charge on any atom is 0.318 e. The smallest absolute Gasteiger partial charge is 0.318 e. The summed E-state index contributed by atoms with van der Waals surface area (Å²) in [6.07, 6.45) is 2.54. The summed E-state index contributed by atoms with van der Waals surface area (Å²) in [5.74, 6) is 1.65. The Morgan fingerprint density at radius 1 is 1.35 bits per heavy atom. The number of rotatable bonds is 3. The molecule has 0 spiro atoms. The molecule has 3 amide bonds. The third-order valence-electron chi connectivity index (χ3n) is 4.35. The molecule has 0 aromatic heterocycles. The molecule has 94 valence electrons. The van der Waals surface area contributed by atoms with E-state index in [1.165, 1.54) is 12.8 Å². The molecule has 5 atom stereocenters. The van der Waals surface area contributed by atoms with E-state index in [4.69, 9.17) is 10.5 Å². The van der Waals surface area contributed by atoms with E-state index in [0.29, 0.717) is 12.0 Å². The minimum atomic E-state index is -0.828. The Labute approximate surface area is 99.2 Å². The summed E-state index contributed by atoms with van der Waals surface area (Å²) in [6, 6.07) is -0.425. The standard InChI is InChI=1S/C11H17N3O3/c12-11(16)14-8(15)4-17-10-5-1-6-3-13-9(10)7(6)2-5/h5-7,9-10,13H,1-4H2,(H3,12,14,15,16). The number of hydrogen-bond acceptors (Lipinski definition) is 4. The van der Waals surface area contributed by atoms with Gasteiger partial charge in [-0.05, 0) is 37.1 Å². The zero-order valence-corrected chi connectivity index (χ0v) is 9.52. The van der Waals surface area contributed by atoms with Gasteiger partial charge in [0.1, 0.15) is 6.61 Å². The number of ether oxygens (including phenoxy) is 1. The van der Waals surface area contributed by atoms with Gasteiger partial charge >= 0.3 is 6.03 Å². The predicted molar refractivity (Wildman–Crippen MR) is 59.0 cm³/mol. The van der Waals surface area contributed by atoms with E-state index in [0.717, 1.165) is 18.4 Å². The molecule has 6 nitrogen and oxygen atoms in total. The highest BCUT2D eigenvalue weighted by atomic mass is 16.5. The van der Waals surface area contributed by atoms with E-state index >= 15 is 0 Å². The molecular weight excluding hydrogens is 222 g/mol. The van der Waals surface area contributed by atoms with Crippen LogP contribution in [-0.4, -0.2) is 37.2 Å². The van der Waals surface area contributed by atoms with Crippen molar-refractivity contribution < 1.29 is 14.3 Å². The summed E-state index contributed by atoms with van der Waals surface area (Å²) in [5.41, 5.74) is 4.86. The van der Waals surface area contributed by atoms with Crippen molar-refractivity contribution >= 4 is 11.9 Å². The molecule has 1 aliphatic heterocycles. The average Bonchev–Trinajstić information content (AvgIpc) is 2.83. The molecule has 1 heterocycles. The number of nitrogens with two attached hydrogens (primary N) is 1. The number of primary amides is 1. The molecule has 4 N–H and O–H groups in total. The zero-order valence-electron chi connectivity index (χ0n) is 9.52. The van der Waals surface area contributed by atoms with Gasteiger partial charge in [-0.25, -0.2) is 4.79 Å². The minimum absolute atomic E-state index is 0.0837. The van der Waals surface area contributed by atoms with Crippen molar-refractivity contribution in [3.63, 3.8) is 0 Å². The quantitative estimate of drug-likeness (QED) is 0.600. The van der Waals surface area contributed by atoms with Gasteiger partial charge in [0.2, 0.25) is 0 Å². The van der Waals surface area contributed by atoms with Gasteiger partial charge in [0.15, 0.2) is 0 Å². The second-order valence-corrected chi connectivity index (χ2v) is 5.28. The first-order chi connectivity index (χ1) is 8.15. The van der Waals surface area contributed by atoms with Gasteiger partial charge in [0.05, 0.1) is 6.10 Å². The number of fused-ring (bicyclic) bond motifs is 1. The number of urea groups is 1. The Balaban J connectivity index is 1.53. The lowest BCUT2D eigenvalue weighted by Crippen LogP contribution is -2.43. The Hall–Kier alpha value is -1.14. The first-order valence-corrected chi connectivity index (χ1v) is 6.09. The molecule has 1 saturated heterocycles. The Morgan fingerprint density at radius 3 is 2.94 bits per heavy atom. The molecule has 0 aromatic carbocycles. The van der Waals surface area contributed by atoms with Crippen molar-refractivity contribution in [2.24, 2.45) is 23.5 Å². The lowest BCUT2D eigenvalue weighted by Gasteiger charge is -2.27. The number of hydrogen-bond donors (Lipinski definition) is 3. The SMILES string of the molecule is NC(=O)NC(=O)COC1C2CC3CNC1C3C2.